The number of nitrogens with one attached hydrogen (secondary N) is 2. The van der Waals surface area contributed by atoms with Crippen molar-refractivity contribution in [1.29, 1.82) is 0 Å². The van der Waals surface area contributed by atoms with Crippen LogP contribution in [-0.4, -0.2) is 10.9 Å². The van der Waals surface area contributed by atoms with Gasteiger partial charge in [-0.3, -0.25) is 4.79 Å². The molecule has 4 N–H and O–H groups in total. The predicted octanol–water partition coefficient (Wildman–Crippen LogP) is 2.79. The second-order valence-electron chi connectivity index (χ2n) is 4.87. The van der Waals surface area contributed by atoms with Crippen molar-refractivity contribution < 1.29 is 4.79 Å². The molecule has 1 unspecified atom stereocenters. The smallest absolute Gasteiger partial charge is 0.251 e. The van der Waals surface area contributed by atoms with Crippen molar-refractivity contribution in [2.24, 2.45) is 5.84 Å². The van der Waals surface area contributed by atoms with Crippen molar-refractivity contribution in [3.63, 3.8) is 0 Å². The SMILES string of the molecule is CCc1cc(C(=O)NC(C)c2ccc(C)s2)cc(NN)n1. The van der Waals surface area contributed by atoms with Gasteiger partial charge in [0.05, 0.1) is 6.04 Å². The van der Waals surface area contributed by atoms with Gasteiger partial charge in [0.1, 0.15) is 5.82 Å². The molecule has 1 amide bonds. The van der Waals surface area contributed by atoms with Crippen molar-refractivity contribution >= 4 is 23.1 Å². The predicted molar refractivity (Wildman–Crippen MR) is 86.4 cm³/mol. The summed E-state index contributed by atoms with van der Waals surface area (Å²) in [5, 5.41) is 3.00. The first kappa shape index (κ1) is 15.5. The van der Waals surface area contributed by atoms with Gasteiger partial charge in [-0.1, -0.05) is 6.92 Å². The van der Waals surface area contributed by atoms with Crippen LogP contribution >= 0.6 is 11.3 Å². The highest BCUT2D eigenvalue weighted by molar-refractivity contribution is 7.12. The van der Waals surface area contributed by atoms with Crippen LogP contribution in [0, 0.1) is 6.92 Å². The van der Waals surface area contributed by atoms with E-state index in [1.807, 2.05) is 19.9 Å². The van der Waals surface area contributed by atoms with E-state index in [1.165, 1.54) is 4.88 Å². The number of aryl methyl sites for hydroxylation is 2. The Morgan fingerprint density at radius 3 is 2.76 bits per heavy atom. The highest BCUT2D eigenvalue weighted by Crippen LogP contribution is 2.22. The lowest BCUT2D eigenvalue weighted by molar-refractivity contribution is 0.0940. The van der Waals surface area contributed by atoms with E-state index in [9.17, 15) is 4.79 Å². The third kappa shape index (κ3) is 3.80. The monoisotopic (exact) mass is 304 g/mol. The molecule has 5 nitrogen and oxygen atoms in total. The molecule has 2 rings (SSSR count). The third-order valence-electron chi connectivity index (χ3n) is 3.19. The molecule has 0 aromatic carbocycles. The van der Waals surface area contributed by atoms with Gasteiger partial charge in [0.25, 0.3) is 5.91 Å². The van der Waals surface area contributed by atoms with Crippen LogP contribution in [0.2, 0.25) is 0 Å². The summed E-state index contributed by atoms with van der Waals surface area (Å²) in [6, 6.07) is 7.52. The summed E-state index contributed by atoms with van der Waals surface area (Å²) in [6.07, 6.45) is 0.746. The van der Waals surface area contributed by atoms with E-state index in [1.54, 1.807) is 23.5 Å². The molecule has 6 heteroatoms. The van der Waals surface area contributed by atoms with Gasteiger partial charge in [-0.2, -0.15) is 0 Å². The molecule has 0 aliphatic rings. The fourth-order valence-electron chi connectivity index (χ4n) is 2.01. The van der Waals surface area contributed by atoms with E-state index >= 15 is 0 Å². The Bertz CT molecular complexity index is 616. The molecular weight excluding hydrogens is 284 g/mol. The number of nitrogens with zero attached hydrogens (tertiary/aromatic N) is 1. The number of hydrogen-bond acceptors (Lipinski definition) is 5. The molecule has 0 aliphatic heterocycles. The van der Waals surface area contributed by atoms with Crippen molar-refractivity contribution in [3.8, 4) is 0 Å². The van der Waals surface area contributed by atoms with Crippen LogP contribution in [0.4, 0.5) is 5.82 Å². The van der Waals surface area contributed by atoms with E-state index in [-0.39, 0.29) is 11.9 Å². The Labute approximate surface area is 128 Å². The van der Waals surface area contributed by atoms with Crippen molar-refractivity contribution in [2.45, 2.75) is 33.2 Å². The molecule has 0 spiro atoms. The van der Waals surface area contributed by atoms with Gasteiger partial charge in [-0.05, 0) is 44.5 Å². The molecule has 2 aromatic rings. The van der Waals surface area contributed by atoms with Gasteiger partial charge < -0.3 is 10.7 Å². The van der Waals surface area contributed by atoms with Gasteiger partial charge in [0, 0.05) is 21.0 Å². The molecule has 1 atom stereocenters. The van der Waals surface area contributed by atoms with Crippen molar-refractivity contribution in [2.75, 3.05) is 5.43 Å². The lowest BCUT2D eigenvalue weighted by atomic mass is 10.1. The molecule has 112 valence electrons. The summed E-state index contributed by atoms with van der Waals surface area (Å²) in [4.78, 5) is 19.0. The minimum Gasteiger partial charge on any atom is -0.345 e. The number of nitrogen functional groups attached to an aromatic ring is 1. The van der Waals surface area contributed by atoms with E-state index in [0.717, 1.165) is 17.0 Å². The number of anilines is 1. The fraction of sp³-hybridized carbons (Fsp3) is 0.333. The number of pyridine rings is 1. The average molecular weight is 304 g/mol. The van der Waals surface area contributed by atoms with E-state index in [2.05, 4.69) is 28.7 Å². The third-order valence-corrected chi connectivity index (χ3v) is 4.37. The Morgan fingerprint density at radius 1 is 1.43 bits per heavy atom. The van der Waals surface area contributed by atoms with E-state index < -0.39 is 0 Å². The summed E-state index contributed by atoms with van der Waals surface area (Å²) in [6.45, 7) is 6.02. The zero-order chi connectivity index (χ0) is 15.4. The number of hydrogen-bond donors (Lipinski definition) is 3. The van der Waals surface area contributed by atoms with Crippen molar-refractivity contribution in [1.82, 2.24) is 10.3 Å². The minimum atomic E-state index is -0.123. The number of aromatic nitrogens is 1. The highest BCUT2D eigenvalue weighted by Gasteiger charge is 2.14. The molecule has 21 heavy (non-hydrogen) atoms. The zero-order valence-corrected chi connectivity index (χ0v) is 13.3. The highest BCUT2D eigenvalue weighted by atomic mass is 32.1. The molecule has 0 radical (unpaired) electrons. The molecular formula is C15H20N4OS. The van der Waals surface area contributed by atoms with Crippen LogP contribution in [0.1, 0.15) is 45.7 Å². The summed E-state index contributed by atoms with van der Waals surface area (Å²) in [5.74, 6) is 5.77. The molecule has 0 fully saturated rings. The first-order valence-corrected chi connectivity index (χ1v) is 7.70. The Morgan fingerprint density at radius 2 is 2.19 bits per heavy atom. The van der Waals surface area contributed by atoms with Gasteiger partial charge in [-0.25, -0.2) is 10.8 Å². The second-order valence-corrected chi connectivity index (χ2v) is 6.19. The first-order chi connectivity index (χ1) is 10.0. The molecule has 2 aromatic heterocycles. The molecule has 0 aliphatic carbocycles. The van der Waals surface area contributed by atoms with Crippen molar-refractivity contribution in [3.05, 3.63) is 45.3 Å². The molecule has 0 saturated carbocycles. The summed E-state index contributed by atoms with van der Waals surface area (Å²) in [7, 11) is 0. The number of rotatable bonds is 5. The first-order valence-electron chi connectivity index (χ1n) is 6.88. The lowest BCUT2D eigenvalue weighted by Gasteiger charge is -2.13. The summed E-state index contributed by atoms with van der Waals surface area (Å²) in [5.41, 5.74) is 3.89. The number of amides is 1. The van der Waals surface area contributed by atoms with Gasteiger partial charge in [-0.15, -0.1) is 11.3 Å². The zero-order valence-electron chi connectivity index (χ0n) is 12.4. The van der Waals surface area contributed by atoms with E-state index in [0.29, 0.717) is 11.4 Å². The van der Waals surface area contributed by atoms with Crippen LogP contribution in [-0.2, 0) is 6.42 Å². The van der Waals surface area contributed by atoms with Gasteiger partial charge in [0.15, 0.2) is 0 Å². The fourth-order valence-corrected chi connectivity index (χ4v) is 2.89. The van der Waals surface area contributed by atoms with Gasteiger partial charge in [0.2, 0.25) is 0 Å². The van der Waals surface area contributed by atoms with E-state index in [4.69, 9.17) is 5.84 Å². The topological polar surface area (TPSA) is 80.0 Å². The van der Waals surface area contributed by atoms with Gasteiger partial charge >= 0.3 is 0 Å². The number of carbonyl (C=O) groups excluding carboxylic acids is 1. The Hall–Kier alpha value is -1.92. The average Bonchev–Trinajstić information content (AvgIpc) is 2.93. The maximum Gasteiger partial charge on any atom is 0.251 e. The number of hydrazine groups is 1. The minimum absolute atomic E-state index is 0.0243. The van der Waals surface area contributed by atoms with Crippen LogP contribution < -0.4 is 16.6 Å². The second kappa shape index (κ2) is 6.69. The maximum atomic E-state index is 12.4. The molecule has 2 heterocycles. The molecule has 0 bridgehead atoms. The normalized spacial score (nSPS) is 12.0. The Balaban J connectivity index is 2.16. The number of thiophene rings is 1. The number of carbonyl (C=O) groups is 1. The molecule has 0 saturated heterocycles. The summed E-state index contributed by atoms with van der Waals surface area (Å²) < 4.78 is 0. The quantitative estimate of drug-likeness (QED) is 0.586. The Kier molecular flexibility index (Phi) is 4.93. The van der Waals surface area contributed by atoms with Crippen LogP contribution in [0.3, 0.4) is 0 Å². The lowest BCUT2D eigenvalue weighted by Crippen LogP contribution is -2.26. The van der Waals surface area contributed by atoms with Crippen LogP contribution in [0.25, 0.3) is 0 Å². The number of nitrogens with two attached hydrogens (primary N) is 1. The van der Waals surface area contributed by atoms with Crippen LogP contribution in [0.15, 0.2) is 24.3 Å². The largest absolute Gasteiger partial charge is 0.345 e. The standard InChI is InChI=1S/C15H20N4OS/c1-4-12-7-11(8-14(18-12)19-16)15(20)17-10(3)13-6-5-9(2)21-13/h5-8,10H,4,16H2,1-3H3,(H,17,20)(H,18,19). The summed E-state index contributed by atoms with van der Waals surface area (Å²) >= 11 is 1.69. The maximum absolute atomic E-state index is 12.4. The van der Waals surface area contributed by atoms with Crippen LogP contribution in [0.5, 0.6) is 0 Å².